The highest BCUT2D eigenvalue weighted by Gasteiger charge is 2.55. The number of hydrogen-bond acceptors (Lipinski definition) is 4. The number of aliphatic carboxylic acids is 1. The molecule has 2 aliphatic rings. The molecule has 27 heavy (non-hydrogen) atoms. The minimum atomic E-state index is -0.768. The zero-order valence-electron chi connectivity index (χ0n) is 15.3. The average molecular weight is 369 g/mol. The molecule has 1 saturated carbocycles. The molecule has 1 aliphatic heterocycles. The smallest absolute Gasteiger partial charge is 0.311 e. The molecule has 1 aromatic heterocycles. The highest BCUT2D eigenvalue weighted by molar-refractivity contribution is 5.94. The number of amides is 1. The van der Waals surface area contributed by atoms with Gasteiger partial charge in [-0.15, -0.1) is 0 Å². The summed E-state index contributed by atoms with van der Waals surface area (Å²) in [6.45, 7) is 1.38. The van der Waals surface area contributed by atoms with Crippen LogP contribution >= 0.6 is 0 Å². The maximum absolute atomic E-state index is 12.9. The topological polar surface area (TPSA) is 84.7 Å². The van der Waals surface area contributed by atoms with E-state index < -0.39 is 11.4 Å². The number of ether oxygens (including phenoxy) is 1. The van der Waals surface area contributed by atoms with E-state index >= 15 is 0 Å². The van der Waals surface area contributed by atoms with Crippen molar-refractivity contribution in [2.45, 2.75) is 25.8 Å². The maximum Gasteiger partial charge on any atom is 0.311 e. The van der Waals surface area contributed by atoms with E-state index in [1.54, 1.807) is 29.1 Å². The number of hydrogen-bond donors (Lipinski definition) is 1. The first-order valence-corrected chi connectivity index (χ1v) is 9.20. The van der Waals surface area contributed by atoms with Crippen LogP contribution in [-0.4, -0.2) is 51.9 Å². The Morgan fingerprint density at radius 1 is 1.33 bits per heavy atom. The van der Waals surface area contributed by atoms with Gasteiger partial charge >= 0.3 is 5.97 Å². The molecule has 2 atom stereocenters. The van der Waals surface area contributed by atoms with Crippen LogP contribution < -0.4 is 4.74 Å². The first kappa shape index (κ1) is 17.6. The number of likely N-dealkylation sites (tertiary alicyclic amines) is 1. The molecular weight excluding hydrogens is 346 g/mol. The summed E-state index contributed by atoms with van der Waals surface area (Å²) in [5, 5.41) is 14.0. The van der Waals surface area contributed by atoms with Crippen molar-refractivity contribution in [2.75, 3.05) is 20.2 Å². The predicted octanol–water partition coefficient (Wildman–Crippen LogP) is 2.27. The maximum atomic E-state index is 12.9. The van der Waals surface area contributed by atoms with Gasteiger partial charge in [0, 0.05) is 19.3 Å². The fraction of sp³-hybridized carbons (Fsp3) is 0.450. The van der Waals surface area contributed by atoms with Gasteiger partial charge in [0.1, 0.15) is 5.75 Å². The normalized spacial score (nSPS) is 24.0. The Morgan fingerprint density at radius 2 is 2.11 bits per heavy atom. The molecule has 0 radical (unpaired) electrons. The highest BCUT2D eigenvalue weighted by atomic mass is 16.5. The molecule has 2 aromatic rings. The first-order valence-electron chi connectivity index (χ1n) is 9.20. The monoisotopic (exact) mass is 369 g/mol. The summed E-state index contributed by atoms with van der Waals surface area (Å²) in [5.41, 5.74) is 0.803. The number of aromatic nitrogens is 2. The Hall–Kier alpha value is -2.83. The Balaban J connectivity index is 1.45. The summed E-state index contributed by atoms with van der Waals surface area (Å²) in [4.78, 5) is 26.3. The number of carboxylic acid groups (broad SMARTS) is 1. The van der Waals surface area contributed by atoms with Crippen LogP contribution in [0.4, 0.5) is 0 Å². The van der Waals surface area contributed by atoms with Crippen LogP contribution in [0.15, 0.2) is 36.7 Å². The van der Waals surface area contributed by atoms with E-state index in [0.717, 1.165) is 24.2 Å². The van der Waals surface area contributed by atoms with E-state index in [-0.39, 0.29) is 11.8 Å². The molecule has 1 aliphatic carbocycles. The third-order valence-corrected chi connectivity index (χ3v) is 5.97. The fourth-order valence-electron chi connectivity index (χ4n) is 4.45. The van der Waals surface area contributed by atoms with Crippen molar-refractivity contribution in [3.05, 3.63) is 47.8 Å². The molecule has 1 aromatic carbocycles. The third kappa shape index (κ3) is 3.07. The van der Waals surface area contributed by atoms with Gasteiger partial charge in [0.15, 0.2) is 0 Å². The molecule has 4 rings (SSSR count). The van der Waals surface area contributed by atoms with E-state index in [1.807, 2.05) is 24.3 Å². The fourth-order valence-corrected chi connectivity index (χ4v) is 4.45. The molecule has 2 heterocycles. The quantitative estimate of drug-likeness (QED) is 0.874. The number of rotatable bonds is 5. The second kappa shape index (κ2) is 6.72. The lowest BCUT2D eigenvalue weighted by atomic mass is 9.81. The second-order valence-corrected chi connectivity index (χ2v) is 7.51. The third-order valence-electron chi connectivity index (χ3n) is 5.97. The van der Waals surface area contributed by atoms with Gasteiger partial charge in [-0.05, 0) is 36.5 Å². The van der Waals surface area contributed by atoms with Crippen molar-refractivity contribution in [3.63, 3.8) is 0 Å². The van der Waals surface area contributed by atoms with Crippen molar-refractivity contribution in [2.24, 2.45) is 11.3 Å². The van der Waals surface area contributed by atoms with E-state index in [1.165, 1.54) is 0 Å². The molecule has 142 valence electrons. The summed E-state index contributed by atoms with van der Waals surface area (Å²) in [6, 6.07) is 7.69. The Kier molecular flexibility index (Phi) is 4.37. The van der Waals surface area contributed by atoms with E-state index in [4.69, 9.17) is 4.74 Å². The summed E-state index contributed by atoms with van der Waals surface area (Å²) in [6.07, 6.45) is 5.76. The molecular formula is C20H23N3O4. The van der Waals surface area contributed by atoms with Crippen LogP contribution in [0.1, 0.15) is 35.2 Å². The largest absolute Gasteiger partial charge is 0.497 e. The van der Waals surface area contributed by atoms with Crippen molar-refractivity contribution in [1.82, 2.24) is 14.7 Å². The molecule has 2 fully saturated rings. The van der Waals surface area contributed by atoms with E-state index in [2.05, 4.69) is 5.10 Å². The number of fused-ring (bicyclic) bond motifs is 1. The van der Waals surface area contributed by atoms with Gasteiger partial charge in [-0.3, -0.25) is 14.3 Å². The van der Waals surface area contributed by atoms with Crippen molar-refractivity contribution >= 4 is 11.9 Å². The lowest BCUT2D eigenvalue weighted by molar-refractivity contribution is -0.149. The Bertz CT molecular complexity index is 860. The van der Waals surface area contributed by atoms with Crippen molar-refractivity contribution in [1.29, 1.82) is 0 Å². The zero-order chi connectivity index (χ0) is 19.0. The number of carbonyl (C=O) groups excluding carboxylic acids is 1. The minimum Gasteiger partial charge on any atom is -0.497 e. The van der Waals surface area contributed by atoms with Gasteiger partial charge < -0.3 is 14.7 Å². The summed E-state index contributed by atoms with van der Waals surface area (Å²) < 4.78 is 6.87. The lowest BCUT2D eigenvalue weighted by Gasteiger charge is -2.23. The Morgan fingerprint density at radius 3 is 2.78 bits per heavy atom. The van der Waals surface area contributed by atoms with Crippen LogP contribution in [0.5, 0.6) is 5.75 Å². The zero-order valence-corrected chi connectivity index (χ0v) is 15.3. The number of carboxylic acids is 1. The first-order chi connectivity index (χ1) is 13.0. The molecule has 7 nitrogen and oxygen atoms in total. The van der Waals surface area contributed by atoms with Crippen LogP contribution in [0, 0.1) is 11.3 Å². The van der Waals surface area contributed by atoms with Gasteiger partial charge in [-0.25, -0.2) is 0 Å². The predicted molar refractivity (Wildman–Crippen MR) is 97.6 cm³/mol. The van der Waals surface area contributed by atoms with Gasteiger partial charge in [-0.2, -0.15) is 5.10 Å². The van der Waals surface area contributed by atoms with Crippen LogP contribution in [0.2, 0.25) is 0 Å². The molecule has 0 bridgehead atoms. The lowest BCUT2D eigenvalue weighted by Crippen LogP contribution is -2.37. The molecule has 0 spiro atoms. The SMILES string of the molecule is COc1ccc(Cn2cc(C(=O)N3C[C@@H]4CCC[C@@]4(C(=O)O)C3)cn2)cc1. The molecule has 0 unspecified atom stereocenters. The van der Waals surface area contributed by atoms with Gasteiger partial charge in [-0.1, -0.05) is 18.6 Å². The highest BCUT2D eigenvalue weighted by Crippen LogP contribution is 2.49. The van der Waals surface area contributed by atoms with E-state index in [0.29, 0.717) is 31.6 Å². The molecule has 1 saturated heterocycles. The van der Waals surface area contributed by atoms with Gasteiger partial charge in [0.05, 0.1) is 30.8 Å². The molecule has 1 N–H and O–H groups in total. The van der Waals surface area contributed by atoms with Crippen LogP contribution in [0.3, 0.4) is 0 Å². The number of nitrogens with zero attached hydrogens (tertiary/aromatic N) is 3. The van der Waals surface area contributed by atoms with Gasteiger partial charge in [0.25, 0.3) is 5.91 Å². The minimum absolute atomic E-state index is 0.0632. The summed E-state index contributed by atoms with van der Waals surface area (Å²) in [7, 11) is 1.63. The summed E-state index contributed by atoms with van der Waals surface area (Å²) >= 11 is 0. The number of carbonyl (C=O) groups is 2. The summed E-state index contributed by atoms with van der Waals surface area (Å²) in [5.74, 6) is -0.0446. The van der Waals surface area contributed by atoms with Gasteiger partial charge in [0.2, 0.25) is 0 Å². The molecule has 7 heteroatoms. The van der Waals surface area contributed by atoms with Crippen molar-refractivity contribution in [3.8, 4) is 5.75 Å². The van der Waals surface area contributed by atoms with Crippen molar-refractivity contribution < 1.29 is 19.4 Å². The molecule has 1 amide bonds. The standard InChI is InChI=1S/C20H23N3O4/c1-27-17-6-4-14(5-7-17)10-23-11-15(9-21-23)18(24)22-12-16-3-2-8-20(16,13-22)19(25)26/h4-7,9,11,16H,2-3,8,10,12-13H2,1H3,(H,25,26)/t16-,20+/m0/s1. The van der Waals surface area contributed by atoms with E-state index in [9.17, 15) is 14.7 Å². The van der Waals surface area contributed by atoms with Crippen LogP contribution in [-0.2, 0) is 11.3 Å². The Labute approximate surface area is 157 Å². The number of benzene rings is 1. The van der Waals surface area contributed by atoms with Crippen LogP contribution in [0.25, 0.3) is 0 Å². The number of methoxy groups -OCH3 is 1. The second-order valence-electron chi connectivity index (χ2n) is 7.51. The average Bonchev–Trinajstić information content (AvgIpc) is 3.36.